The number of rotatable bonds is 9. The number of aliphatic hydroxyl groups excluding tert-OH is 1. The molecule has 0 fully saturated rings. The number of nitrogens with zero attached hydrogens (tertiary/aromatic N) is 1. The maximum absolute atomic E-state index is 11.7. The summed E-state index contributed by atoms with van der Waals surface area (Å²) in [5, 5.41) is 10.5. The van der Waals surface area contributed by atoms with Gasteiger partial charge in [0.2, 0.25) is 5.89 Å². The molecule has 6 heteroatoms. The first-order valence-corrected chi connectivity index (χ1v) is 13.1. The van der Waals surface area contributed by atoms with Crippen molar-refractivity contribution in [3.05, 3.63) is 102 Å². The Hall–Kier alpha value is -4.16. The van der Waals surface area contributed by atoms with Crippen LogP contribution in [0, 0.1) is 5.92 Å². The van der Waals surface area contributed by atoms with Gasteiger partial charge in [0.15, 0.2) is 11.5 Å². The van der Waals surface area contributed by atoms with E-state index < -0.39 is 12.1 Å². The van der Waals surface area contributed by atoms with Gasteiger partial charge in [0.05, 0.1) is 6.10 Å². The molecule has 4 aromatic rings. The molecule has 3 aromatic carbocycles. The Kier molecular flexibility index (Phi) is 8.00. The fourth-order valence-electron chi connectivity index (χ4n) is 4.81. The van der Waals surface area contributed by atoms with Gasteiger partial charge in [0.1, 0.15) is 5.69 Å². The van der Waals surface area contributed by atoms with Crippen LogP contribution in [0.5, 0.6) is 5.75 Å². The Bertz CT molecular complexity index is 1340. The quantitative estimate of drug-likeness (QED) is 0.192. The monoisotopic (exact) mass is 509 g/mol. The Balaban J connectivity index is 1.44. The van der Waals surface area contributed by atoms with Crippen molar-refractivity contribution in [3.8, 4) is 28.3 Å². The zero-order valence-corrected chi connectivity index (χ0v) is 21.4. The topological polar surface area (TPSA) is 81.8 Å². The molecule has 0 aliphatic heterocycles. The number of carbonyl (C=O) groups is 1. The van der Waals surface area contributed by atoms with Crippen LogP contribution < -0.4 is 4.89 Å². The fourth-order valence-corrected chi connectivity index (χ4v) is 4.81. The first-order chi connectivity index (χ1) is 18.6. The minimum Gasteiger partial charge on any atom is -0.436 e. The molecule has 0 unspecified atom stereocenters. The van der Waals surface area contributed by atoms with Crippen LogP contribution >= 0.6 is 0 Å². The predicted octanol–water partition coefficient (Wildman–Crippen LogP) is 7.04. The third kappa shape index (κ3) is 6.03. The number of aliphatic hydroxyl groups is 1. The van der Waals surface area contributed by atoms with Crippen LogP contribution in [0.1, 0.15) is 44.1 Å². The summed E-state index contributed by atoms with van der Waals surface area (Å²) in [6.07, 6.45) is 4.39. The average Bonchev–Trinajstić information content (AvgIpc) is 3.39. The summed E-state index contributed by atoms with van der Waals surface area (Å²) in [5.74, 6) is 1.35. The van der Waals surface area contributed by atoms with E-state index in [4.69, 9.17) is 19.2 Å². The van der Waals surface area contributed by atoms with Crippen LogP contribution in [-0.4, -0.2) is 22.2 Å². The maximum atomic E-state index is 11.7. The van der Waals surface area contributed by atoms with E-state index in [0.717, 1.165) is 33.7 Å². The molecule has 0 saturated carbocycles. The Morgan fingerprint density at radius 2 is 1.74 bits per heavy atom. The summed E-state index contributed by atoms with van der Waals surface area (Å²) in [6.45, 7) is 1.91. The summed E-state index contributed by atoms with van der Waals surface area (Å²) >= 11 is 0. The zero-order chi connectivity index (χ0) is 26.3. The Morgan fingerprint density at radius 3 is 2.47 bits per heavy atom. The minimum absolute atomic E-state index is 0.0115. The molecule has 1 N–H and O–H groups in total. The van der Waals surface area contributed by atoms with Crippen LogP contribution in [0.3, 0.4) is 0 Å². The number of aromatic nitrogens is 1. The first kappa shape index (κ1) is 25.5. The van der Waals surface area contributed by atoms with Gasteiger partial charge in [-0.05, 0) is 49.3 Å². The standard InChI is InChI=1S/C32H31NO5/c1-2-10-29(35)38-37-27-16-9-11-22(20-27)19-25-21-26(34)17-18-28(25)32-33-30(23-12-5-3-6-13-23)31(36-32)24-14-7-4-8-15-24/h3-9,11-16,18,20,25-26,34H,2,10,17,19,21H2,1H3/t25-,26+/m1/s1. The van der Waals surface area contributed by atoms with Crippen molar-refractivity contribution in [2.24, 2.45) is 5.92 Å². The number of allylic oxidation sites excluding steroid dienone is 1. The van der Waals surface area contributed by atoms with Crippen molar-refractivity contribution in [1.29, 1.82) is 0 Å². The zero-order valence-electron chi connectivity index (χ0n) is 21.4. The predicted molar refractivity (Wildman–Crippen MR) is 146 cm³/mol. The highest BCUT2D eigenvalue weighted by Crippen LogP contribution is 2.40. The average molecular weight is 510 g/mol. The van der Waals surface area contributed by atoms with Gasteiger partial charge in [-0.3, -0.25) is 9.78 Å². The second-order valence-electron chi connectivity index (χ2n) is 9.55. The molecule has 5 rings (SSSR count). The van der Waals surface area contributed by atoms with Crippen molar-refractivity contribution in [2.45, 2.75) is 45.1 Å². The van der Waals surface area contributed by atoms with E-state index in [9.17, 15) is 9.90 Å². The summed E-state index contributed by atoms with van der Waals surface area (Å²) in [4.78, 5) is 26.8. The molecule has 1 aromatic heterocycles. The molecular weight excluding hydrogens is 478 g/mol. The number of hydrogen-bond donors (Lipinski definition) is 1. The molecule has 0 saturated heterocycles. The molecule has 0 bridgehead atoms. The second kappa shape index (κ2) is 11.9. The molecule has 194 valence electrons. The van der Waals surface area contributed by atoms with E-state index in [1.54, 1.807) is 6.07 Å². The van der Waals surface area contributed by atoms with Crippen molar-refractivity contribution >= 4 is 11.5 Å². The lowest BCUT2D eigenvalue weighted by Gasteiger charge is -2.26. The summed E-state index contributed by atoms with van der Waals surface area (Å²) < 4.78 is 6.47. The van der Waals surface area contributed by atoms with Crippen LogP contribution in [0.25, 0.3) is 28.2 Å². The van der Waals surface area contributed by atoms with Crippen LogP contribution in [0.2, 0.25) is 0 Å². The van der Waals surface area contributed by atoms with Crippen molar-refractivity contribution in [3.63, 3.8) is 0 Å². The van der Waals surface area contributed by atoms with Crippen LogP contribution in [0.15, 0.2) is 95.4 Å². The molecule has 6 nitrogen and oxygen atoms in total. The van der Waals surface area contributed by atoms with Gasteiger partial charge in [-0.2, -0.15) is 0 Å². The molecule has 0 radical (unpaired) electrons. The molecule has 1 aliphatic rings. The first-order valence-electron chi connectivity index (χ1n) is 13.1. The lowest BCUT2D eigenvalue weighted by Crippen LogP contribution is -2.21. The second-order valence-corrected chi connectivity index (χ2v) is 9.55. The largest absolute Gasteiger partial charge is 0.436 e. The van der Waals surface area contributed by atoms with Crippen LogP contribution in [-0.2, 0) is 16.1 Å². The molecule has 0 amide bonds. The third-order valence-electron chi connectivity index (χ3n) is 6.63. The Labute approximate surface area is 222 Å². The lowest BCUT2D eigenvalue weighted by molar-refractivity contribution is -0.213. The highest BCUT2D eigenvalue weighted by Gasteiger charge is 2.29. The van der Waals surface area contributed by atoms with Crippen molar-refractivity contribution < 1.29 is 24.1 Å². The van der Waals surface area contributed by atoms with Gasteiger partial charge in [-0.1, -0.05) is 85.8 Å². The van der Waals surface area contributed by atoms with Gasteiger partial charge >= 0.3 is 5.97 Å². The summed E-state index contributed by atoms with van der Waals surface area (Å²) in [5.41, 5.74) is 4.71. The minimum atomic E-state index is -0.435. The maximum Gasteiger partial charge on any atom is 0.355 e. The number of oxazole rings is 1. The number of carbonyl (C=O) groups excluding carboxylic acids is 1. The molecule has 1 aliphatic carbocycles. The lowest BCUT2D eigenvalue weighted by atomic mass is 9.82. The van der Waals surface area contributed by atoms with Gasteiger partial charge in [-0.25, -0.2) is 9.78 Å². The van der Waals surface area contributed by atoms with E-state index in [0.29, 0.717) is 43.7 Å². The highest BCUT2D eigenvalue weighted by atomic mass is 17.2. The SMILES string of the molecule is CCCC(=O)OOc1cccc(C[C@@H]2C[C@@H](O)CC=C2c2nc(-c3ccccc3)c(-c3ccccc3)o2)c1. The molecule has 2 atom stereocenters. The molecule has 1 heterocycles. The third-order valence-corrected chi connectivity index (χ3v) is 6.63. The number of benzene rings is 3. The van der Waals surface area contributed by atoms with E-state index in [-0.39, 0.29) is 5.92 Å². The fraction of sp³-hybridized carbons (Fsp3) is 0.250. The van der Waals surface area contributed by atoms with Crippen molar-refractivity contribution in [1.82, 2.24) is 4.98 Å². The summed E-state index contributed by atoms with van der Waals surface area (Å²) in [7, 11) is 0. The molecular formula is C32H31NO5. The Morgan fingerprint density at radius 1 is 1.00 bits per heavy atom. The van der Waals surface area contributed by atoms with E-state index in [2.05, 4.69) is 0 Å². The van der Waals surface area contributed by atoms with Gasteiger partial charge in [0, 0.05) is 23.1 Å². The number of hydrogen-bond acceptors (Lipinski definition) is 6. The van der Waals surface area contributed by atoms with Crippen molar-refractivity contribution in [2.75, 3.05) is 0 Å². The van der Waals surface area contributed by atoms with Crippen LogP contribution in [0.4, 0.5) is 0 Å². The molecule has 0 spiro atoms. The highest BCUT2D eigenvalue weighted by molar-refractivity contribution is 5.79. The van der Waals surface area contributed by atoms with Gasteiger partial charge in [-0.15, -0.1) is 0 Å². The summed E-state index contributed by atoms with van der Waals surface area (Å²) in [6, 6.07) is 27.5. The van der Waals surface area contributed by atoms with E-state index in [1.807, 2.05) is 91.9 Å². The van der Waals surface area contributed by atoms with E-state index >= 15 is 0 Å². The van der Waals surface area contributed by atoms with Gasteiger partial charge < -0.3 is 9.52 Å². The van der Waals surface area contributed by atoms with E-state index in [1.165, 1.54) is 0 Å². The van der Waals surface area contributed by atoms with Gasteiger partial charge in [0.25, 0.3) is 0 Å². The smallest absolute Gasteiger partial charge is 0.355 e. The normalized spacial score (nSPS) is 17.1. The molecule has 38 heavy (non-hydrogen) atoms.